The fourth-order valence-electron chi connectivity index (χ4n) is 1.20. The smallest absolute Gasteiger partial charge is 0.328 e. The van der Waals surface area contributed by atoms with Crippen molar-refractivity contribution in [3.05, 3.63) is 34.4 Å². The number of carboxylic acid groups (broad SMARTS) is 1. The first-order valence-electron chi connectivity index (χ1n) is 4.14. The summed E-state index contributed by atoms with van der Waals surface area (Å²) in [6, 6.07) is 1.64. The summed E-state index contributed by atoms with van der Waals surface area (Å²) in [5, 5.41) is 8.42. The Labute approximate surface area is 95.4 Å². The summed E-state index contributed by atoms with van der Waals surface area (Å²) >= 11 is 0. The molecule has 0 aliphatic heterocycles. The van der Waals surface area contributed by atoms with E-state index in [-0.39, 0.29) is 18.1 Å². The molecule has 0 radical (unpaired) electrons. The molecule has 0 unspecified atom stereocenters. The van der Waals surface area contributed by atoms with Crippen molar-refractivity contribution in [3.8, 4) is 0 Å². The number of rotatable bonds is 2. The van der Waals surface area contributed by atoms with Gasteiger partial charge in [0.05, 0.1) is 5.52 Å². The number of imidazole rings is 1. The molecule has 0 saturated carbocycles. The summed E-state index contributed by atoms with van der Waals surface area (Å²) in [6.07, 6.45) is 3.89. The van der Waals surface area contributed by atoms with Gasteiger partial charge in [0.15, 0.2) is 5.65 Å². The normalized spacial score (nSPS) is 10.5. The minimum atomic E-state index is -1.03. The Morgan fingerprint density at radius 3 is 2.88 bits per heavy atom. The molecule has 0 aliphatic carbocycles. The van der Waals surface area contributed by atoms with Gasteiger partial charge in [0.2, 0.25) is 0 Å². The minimum absolute atomic E-state index is 0. The molecule has 0 spiro atoms. The monoisotopic (exact) mass is 241 g/mol. The van der Waals surface area contributed by atoms with Gasteiger partial charge in [0.1, 0.15) is 0 Å². The van der Waals surface area contributed by atoms with Crippen LogP contribution in [0.5, 0.6) is 0 Å². The van der Waals surface area contributed by atoms with Gasteiger partial charge in [-0.05, 0) is 17.7 Å². The molecule has 6 nitrogen and oxygen atoms in total. The van der Waals surface area contributed by atoms with Crippen LogP contribution in [0.2, 0.25) is 0 Å². The van der Waals surface area contributed by atoms with Gasteiger partial charge in [-0.1, -0.05) is 0 Å². The number of pyridine rings is 1. The van der Waals surface area contributed by atoms with E-state index in [9.17, 15) is 9.59 Å². The molecule has 3 N–H and O–H groups in total. The number of hydrogen-bond donors (Lipinski definition) is 3. The van der Waals surface area contributed by atoms with Crippen molar-refractivity contribution < 1.29 is 9.90 Å². The van der Waals surface area contributed by atoms with Crippen molar-refractivity contribution in [3.63, 3.8) is 0 Å². The lowest BCUT2D eigenvalue weighted by atomic mass is 10.2. The van der Waals surface area contributed by atoms with E-state index in [0.29, 0.717) is 16.7 Å². The number of nitrogens with zero attached hydrogens (tertiary/aromatic N) is 1. The molecule has 2 rings (SSSR count). The molecule has 7 heteroatoms. The average molecular weight is 242 g/mol. The summed E-state index contributed by atoms with van der Waals surface area (Å²) in [5.41, 5.74) is 1.28. The van der Waals surface area contributed by atoms with Crippen LogP contribution < -0.4 is 5.69 Å². The number of aromatic amines is 2. The largest absolute Gasteiger partial charge is 0.478 e. The lowest BCUT2D eigenvalue weighted by Crippen LogP contribution is -1.99. The first kappa shape index (κ1) is 12.0. The third-order valence-electron chi connectivity index (χ3n) is 1.81. The molecule has 2 aromatic heterocycles. The van der Waals surface area contributed by atoms with Crippen molar-refractivity contribution in [2.75, 3.05) is 0 Å². The topological polar surface area (TPSA) is 98.8 Å². The summed E-state index contributed by atoms with van der Waals surface area (Å²) in [7, 11) is 0. The third-order valence-corrected chi connectivity index (χ3v) is 1.81. The zero-order valence-corrected chi connectivity index (χ0v) is 8.75. The highest BCUT2D eigenvalue weighted by molar-refractivity contribution is 5.86. The second kappa shape index (κ2) is 4.63. The van der Waals surface area contributed by atoms with E-state index in [0.717, 1.165) is 6.08 Å². The molecule has 0 saturated heterocycles. The van der Waals surface area contributed by atoms with Crippen molar-refractivity contribution in [1.82, 2.24) is 15.0 Å². The maximum Gasteiger partial charge on any atom is 0.328 e. The van der Waals surface area contributed by atoms with Crippen LogP contribution >= 0.6 is 12.4 Å². The molecule has 0 atom stereocenters. The second-order valence-corrected chi connectivity index (χ2v) is 2.92. The van der Waals surface area contributed by atoms with Crippen molar-refractivity contribution in [1.29, 1.82) is 0 Å². The molecule has 84 valence electrons. The van der Waals surface area contributed by atoms with Gasteiger partial charge in [0.25, 0.3) is 0 Å². The number of nitrogens with one attached hydrogen (secondary N) is 2. The van der Waals surface area contributed by atoms with E-state index < -0.39 is 5.97 Å². The highest BCUT2D eigenvalue weighted by atomic mass is 35.5. The number of halogens is 1. The van der Waals surface area contributed by atoms with E-state index in [1.54, 1.807) is 6.07 Å². The molecule has 2 heterocycles. The van der Waals surface area contributed by atoms with Gasteiger partial charge >= 0.3 is 11.7 Å². The molecular weight excluding hydrogens is 234 g/mol. The van der Waals surface area contributed by atoms with E-state index in [2.05, 4.69) is 15.0 Å². The fraction of sp³-hybridized carbons (Fsp3) is 0. The standard InChI is InChI=1S/C9H7N3O3.ClH/c13-7(14)2-1-5-3-6-8(10-4-5)12-9(15)11-6;/h1-4H,(H,13,14)(H2,10,11,12,15);1H. The lowest BCUT2D eigenvalue weighted by Gasteiger charge is -1.91. The Balaban J connectivity index is 0.00000128. The maximum atomic E-state index is 10.9. The highest BCUT2D eigenvalue weighted by Gasteiger charge is 1.99. The van der Waals surface area contributed by atoms with Crippen LogP contribution in [0.1, 0.15) is 5.56 Å². The number of hydrogen-bond acceptors (Lipinski definition) is 3. The third kappa shape index (κ3) is 2.48. The van der Waals surface area contributed by atoms with E-state index in [4.69, 9.17) is 5.11 Å². The van der Waals surface area contributed by atoms with E-state index >= 15 is 0 Å². The maximum absolute atomic E-state index is 10.9. The summed E-state index contributed by atoms with van der Waals surface area (Å²) in [4.78, 5) is 30.1. The number of aromatic nitrogens is 3. The predicted octanol–water partition coefficient (Wildman–Crippen LogP) is 0.771. The van der Waals surface area contributed by atoms with Crippen LogP contribution in [0, 0.1) is 0 Å². The van der Waals surface area contributed by atoms with E-state index in [1.165, 1.54) is 12.3 Å². The number of carboxylic acids is 1. The SMILES string of the molecule is Cl.O=C(O)C=Cc1cnc2[nH]c(=O)[nH]c2c1. The van der Waals surface area contributed by atoms with Crippen LogP contribution in [0.15, 0.2) is 23.1 Å². The van der Waals surface area contributed by atoms with Gasteiger partial charge in [0, 0.05) is 12.3 Å². The number of fused-ring (bicyclic) bond motifs is 1. The number of H-pyrrole nitrogens is 2. The van der Waals surface area contributed by atoms with Crippen molar-refractivity contribution in [2.45, 2.75) is 0 Å². The predicted molar refractivity (Wildman–Crippen MR) is 60.6 cm³/mol. The Bertz CT molecular complexity index is 599. The van der Waals surface area contributed by atoms with Crippen LogP contribution in [-0.4, -0.2) is 26.0 Å². The van der Waals surface area contributed by atoms with Crippen LogP contribution in [0.4, 0.5) is 0 Å². The molecule has 0 aromatic carbocycles. The second-order valence-electron chi connectivity index (χ2n) is 2.92. The van der Waals surface area contributed by atoms with Gasteiger partial charge in [-0.3, -0.25) is 4.98 Å². The molecular formula is C9H8ClN3O3. The summed E-state index contributed by atoms with van der Waals surface area (Å²) < 4.78 is 0. The Morgan fingerprint density at radius 2 is 2.19 bits per heavy atom. The van der Waals surface area contributed by atoms with Crippen LogP contribution in [0.3, 0.4) is 0 Å². The summed E-state index contributed by atoms with van der Waals surface area (Å²) in [5.74, 6) is -1.03. The quantitative estimate of drug-likeness (QED) is 0.677. The van der Waals surface area contributed by atoms with Crippen LogP contribution in [0.25, 0.3) is 17.2 Å². The highest BCUT2D eigenvalue weighted by Crippen LogP contribution is 2.07. The van der Waals surface area contributed by atoms with Gasteiger partial charge < -0.3 is 10.1 Å². The molecule has 0 aliphatic rings. The molecule has 0 bridgehead atoms. The van der Waals surface area contributed by atoms with Gasteiger partial charge in [-0.2, -0.15) is 0 Å². The molecule has 2 aromatic rings. The van der Waals surface area contributed by atoms with E-state index in [1.807, 2.05) is 0 Å². The zero-order valence-electron chi connectivity index (χ0n) is 7.93. The van der Waals surface area contributed by atoms with Crippen molar-refractivity contribution >= 4 is 35.6 Å². The lowest BCUT2D eigenvalue weighted by molar-refractivity contribution is -0.131. The number of aliphatic carboxylic acids is 1. The molecule has 16 heavy (non-hydrogen) atoms. The van der Waals surface area contributed by atoms with Crippen molar-refractivity contribution in [2.24, 2.45) is 0 Å². The first-order chi connectivity index (χ1) is 7.15. The van der Waals surface area contributed by atoms with Gasteiger partial charge in [-0.25, -0.2) is 14.6 Å². The van der Waals surface area contributed by atoms with Crippen LogP contribution in [-0.2, 0) is 4.79 Å². The Kier molecular flexibility index (Phi) is 3.47. The minimum Gasteiger partial charge on any atom is -0.478 e. The Morgan fingerprint density at radius 1 is 1.44 bits per heavy atom. The average Bonchev–Trinajstić information content (AvgIpc) is 2.53. The Hall–Kier alpha value is -2.08. The summed E-state index contributed by atoms with van der Waals surface area (Å²) in [6.45, 7) is 0. The fourth-order valence-corrected chi connectivity index (χ4v) is 1.20. The van der Waals surface area contributed by atoms with Gasteiger partial charge in [-0.15, -0.1) is 12.4 Å². The zero-order chi connectivity index (χ0) is 10.8. The first-order valence-corrected chi connectivity index (χ1v) is 4.14. The number of carbonyl (C=O) groups is 1. The molecule has 0 fully saturated rings. The molecule has 0 amide bonds.